The van der Waals surface area contributed by atoms with Gasteiger partial charge in [0, 0.05) is 5.56 Å². The third-order valence-electron chi connectivity index (χ3n) is 6.08. The first kappa shape index (κ1) is 21.6. The van der Waals surface area contributed by atoms with Crippen molar-refractivity contribution in [2.45, 2.75) is 44.4 Å². The highest BCUT2D eigenvalue weighted by atomic mass is 16.5. The Morgan fingerprint density at radius 2 is 2.03 bits per heavy atom. The van der Waals surface area contributed by atoms with Crippen molar-refractivity contribution in [2.75, 3.05) is 40.9 Å². The number of methoxy groups -OCH3 is 1. The van der Waals surface area contributed by atoms with Crippen molar-refractivity contribution in [3.8, 4) is 5.75 Å². The topological polar surface area (TPSA) is 72.3 Å². The molecule has 1 aliphatic heterocycles. The minimum Gasteiger partial charge on any atom is -0.497 e. The van der Waals surface area contributed by atoms with E-state index in [4.69, 9.17) is 9.47 Å². The van der Waals surface area contributed by atoms with Crippen molar-refractivity contribution >= 4 is 11.8 Å². The van der Waals surface area contributed by atoms with Gasteiger partial charge in [-0.1, -0.05) is 13.0 Å². The molecule has 3 rings (SSSR count). The molecule has 1 spiro atoms. The van der Waals surface area contributed by atoms with Gasteiger partial charge in [-0.15, -0.1) is 0 Å². The number of carbonyl (C=O) groups excluding carboxylic acids is 2. The molecule has 160 valence electrons. The summed E-state index contributed by atoms with van der Waals surface area (Å²) < 4.78 is 11.5. The average molecular weight is 405 g/mol. The molecule has 0 radical (unpaired) electrons. The number of rotatable bonds is 6. The highest BCUT2D eigenvalue weighted by molar-refractivity contribution is 5.98. The molecule has 0 unspecified atom stereocenters. The van der Waals surface area contributed by atoms with Gasteiger partial charge in [0.05, 0.1) is 40.9 Å². The van der Waals surface area contributed by atoms with Gasteiger partial charge in [0.25, 0.3) is 5.91 Å². The fourth-order valence-electron chi connectivity index (χ4n) is 4.23. The molecule has 7 heteroatoms. The Bertz CT molecular complexity index is 729. The van der Waals surface area contributed by atoms with Crippen LogP contribution in [0.5, 0.6) is 5.75 Å². The molecule has 1 saturated heterocycles. The fraction of sp³-hybridized carbons (Fsp3) is 0.636. The molecule has 0 aromatic heterocycles. The minimum absolute atomic E-state index is 0.141. The van der Waals surface area contributed by atoms with Gasteiger partial charge in [0.1, 0.15) is 17.5 Å². The third kappa shape index (κ3) is 4.73. The second kappa shape index (κ2) is 9.13. The van der Waals surface area contributed by atoms with Crippen molar-refractivity contribution in [2.24, 2.45) is 5.92 Å². The molecule has 1 atom stereocenters. The van der Waals surface area contributed by atoms with E-state index >= 15 is 0 Å². The Balaban J connectivity index is 1.86. The van der Waals surface area contributed by atoms with Gasteiger partial charge < -0.3 is 19.7 Å². The Morgan fingerprint density at radius 3 is 2.69 bits per heavy atom. The highest BCUT2D eigenvalue weighted by Gasteiger charge is 2.53. The molecule has 0 bridgehead atoms. The van der Waals surface area contributed by atoms with Crippen LogP contribution in [0.1, 0.15) is 43.0 Å². The predicted molar refractivity (Wildman–Crippen MR) is 110 cm³/mol. The van der Waals surface area contributed by atoms with Gasteiger partial charge in [0.15, 0.2) is 0 Å². The van der Waals surface area contributed by atoms with Crippen LogP contribution in [0, 0.1) is 5.92 Å². The number of nitrogens with one attached hydrogen (secondary N) is 2. The van der Waals surface area contributed by atoms with E-state index < -0.39 is 11.8 Å². The summed E-state index contributed by atoms with van der Waals surface area (Å²) in [6, 6.07) is 6.49. The van der Waals surface area contributed by atoms with E-state index in [1.807, 2.05) is 20.2 Å². The summed E-state index contributed by atoms with van der Waals surface area (Å²) in [5, 5.41) is 2.99. The van der Waals surface area contributed by atoms with Gasteiger partial charge in [-0.3, -0.25) is 14.5 Å². The van der Waals surface area contributed by atoms with E-state index in [9.17, 15) is 9.59 Å². The van der Waals surface area contributed by atoms with Gasteiger partial charge in [-0.25, -0.2) is 0 Å². The van der Waals surface area contributed by atoms with Crippen LogP contribution in [0.4, 0.5) is 0 Å². The second-order valence-electron chi connectivity index (χ2n) is 8.61. The fourth-order valence-corrected chi connectivity index (χ4v) is 4.23. The lowest BCUT2D eigenvalue weighted by Crippen LogP contribution is -3.06. The normalized spacial score (nSPS) is 26.7. The molecule has 2 fully saturated rings. The first-order valence-electron chi connectivity index (χ1n) is 10.5. The van der Waals surface area contributed by atoms with Crippen LogP contribution in [0.15, 0.2) is 24.3 Å². The van der Waals surface area contributed by atoms with Crippen LogP contribution in [0.2, 0.25) is 0 Å². The maximum atomic E-state index is 13.6. The maximum absolute atomic E-state index is 13.6. The number of hydrogen-bond donors (Lipinski definition) is 2. The molecule has 1 saturated carbocycles. The number of benzene rings is 1. The van der Waals surface area contributed by atoms with Crippen LogP contribution in [-0.4, -0.2) is 69.4 Å². The van der Waals surface area contributed by atoms with Crippen LogP contribution >= 0.6 is 0 Å². The number of hydrogen-bond acceptors (Lipinski definition) is 4. The summed E-state index contributed by atoms with van der Waals surface area (Å²) in [4.78, 5) is 29.5. The van der Waals surface area contributed by atoms with Crippen LogP contribution in [-0.2, 0) is 9.53 Å². The van der Waals surface area contributed by atoms with Crippen LogP contribution < -0.4 is 15.0 Å². The van der Waals surface area contributed by atoms with Gasteiger partial charge in [0.2, 0.25) is 5.91 Å². The first-order chi connectivity index (χ1) is 13.9. The monoisotopic (exact) mass is 404 g/mol. The molecule has 1 aromatic rings. The predicted octanol–water partition coefficient (Wildman–Crippen LogP) is 0.703. The SMILES string of the molecule is COc1cccc(C(=O)N2[C@H](C(=O)NCC[NH+](C)C)COC23CCC(C)CC3)c1. The lowest BCUT2D eigenvalue weighted by molar-refractivity contribution is -0.856. The molecule has 1 aliphatic carbocycles. The first-order valence-corrected chi connectivity index (χ1v) is 10.5. The Morgan fingerprint density at radius 1 is 1.31 bits per heavy atom. The minimum atomic E-state index is -0.693. The smallest absolute Gasteiger partial charge is 0.257 e. The van der Waals surface area contributed by atoms with Gasteiger partial charge in [-0.2, -0.15) is 0 Å². The zero-order valence-corrected chi connectivity index (χ0v) is 18.0. The summed E-state index contributed by atoms with van der Waals surface area (Å²) >= 11 is 0. The van der Waals surface area contributed by atoms with E-state index in [0.29, 0.717) is 23.8 Å². The van der Waals surface area contributed by atoms with Crippen LogP contribution in [0.3, 0.4) is 0 Å². The molecule has 1 aromatic carbocycles. The number of ether oxygens (including phenoxy) is 2. The lowest BCUT2D eigenvalue weighted by atomic mass is 9.83. The van der Waals surface area contributed by atoms with Crippen molar-refractivity contribution in [1.82, 2.24) is 10.2 Å². The number of nitrogens with zero attached hydrogens (tertiary/aromatic N) is 1. The third-order valence-corrected chi connectivity index (χ3v) is 6.08. The van der Waals surface area contributed by atoms with Crippen molar-refractivity contribution in [3.05, 3.63) is 29.8 Å². The van der Waals surface area contributed by atoms with E-state index in [2.05, 4.69) is 12.2 Å². The zero-order valence-electron chi connectivity index (χ0n) is 18.0. The molecular formula is C22H34N3O4+. The van der Waals surface area contributed by atoms with Crippen molar-refractivity contribution < 1.29 is 24.0 Å². The molecule has 2 aliphatic rings. The highest BCUT2D eigenvalue weighted by Crippen LogP contribution is 2.43. The van der Waals surface area contributed by atoms with Crippen LogP contribution in [0.25, 0.3) is 0 Å². The Labute approximate surface area is 173 Å². The number of quaternary nitrogens is 1. The van der Waals surface area contributed by atoms with E-state index in [0.717, 1.165) is 32.2 Å². The summed E-state index contributed by atoms with van der Waals surface area (Å²) in [7, 11) is 5.67. The lowest BCUT2D eigenvalue weighted by Gasteiger charge is -2.43. The standard InChI is InChI=1S/C22H33N3O4/c1-16-8-10-22(11-9-16)25(21(27)17-6-5-7-18(14-17)28-4)19(15-29-22)20(26)23-12-13-24(2)3/h5-7,14,16,19H,8-13,15H2,1-4H3,(H,23,26)/p+1/t16?,19-,22?/m0/s1. The number of likely N-dealkylation sites (N-methyl/N-ethyl adjacent to an activating group) is 1. The second-order valence-corrected chi connectivity index (χ2v) is 8.61. The summed E-state index contributed by atoms with van der Waals surface area (Å²) in [6.07, 6.45) is 3.49. The summed E-state index contributed by atoms with van der Waals surface area (Å²) in [5.41, 5.74) is -0.176. The zero-order chi connectivity index (χ0) is 21.0. The van der Waals surface area contributed by atoms with E-state index in [1.165, 1.54) is 4.90 Å². The van der Waals surface area contributed by atoms with Gasteiger partial charge in [-0.05, 0) is 49.8 Å². The molecular weight excluding hydrogens is 370 g/mol. The van der Waals surface area contributed by atoms with Crippen molar-refractivity contribution in [1.29, 1.82) is 0 Å². The van der Waals surface area contributed by atoms with Gasteiger partial charge >= 0.3 is 0 Å². The number of amides is 2. The molecule has 1 heterocycles. The average Bonchev–Trinajstić information content (AvgIpc) is 3.08. The van der Waals surface area contributed by atoms with E-state index in [1.54, 1.807) is 30.2 Å². The number of carbonyl (C=O) groups is 2. The molecule has 29 heavy (non-hydrogen) atoms. The molecule has 2 amide bonds. The van der Waals surface area contributed by atoms with E-state index in [-0.39, 0.29) is 18.4 Å². The summed E-state index contributed by atoms with van der Waals surface area (Å²) in [6.45, 7) is 3.86. The van der Waals surface area contributed by atoms with Crippen molar-refractivity contribution in [3.63, 3.8) is 0 Å². The largest absolute Gasteiger partial charge is 0.497 e. The maximum Gasteiger partial charge on any atom is 0.257 e. The Hall–Kier alpha value is -2.12. The summed E-state index contributed by atoms with van der Waals surface area (Å²) in [5.74, 6) is 0.915. The molecule has 7 nitrogen and oxygen atoms in total. The Kier molecular flexibility index (Phi) is 6.80. The molecule has 2 N–H and O–H groups in total. The quantitative estimate of drug-likeness (QED) is 0.732.